The Labute approximate surface area is 101 Å². The van der Waals surface area contributed by atoms with Crippen molar-refractivity contribution in [2.75, 3.05) is 13.6 Å². The molecule has 3 amide bonds. The number of rotatable bonds is 6. The Morgan fingerprint density at radius 3 is 2.65 bits per heavy atom. The highest BCUT2D eigenvalue weighted by Crippen LogP contribution is 2.11. The Hall–Kier alpha value is -1.43. The molecule has 0 aromatic rings. The highest BCUT2D eigenvalue weighted by Gasteiger charge is 2.36. The van der Waals surface area contributed by atoms with Crippen LogP contribution in [0.4, 0.5) is 0 Å². The zero-order chi connectivity index (χ0) is 12.8. The molecule has 0 radical (unpaired) electrons. The minimum atomic E-state index is -0.672. The van der Waals surface area contributed by atoms with Gasteiger partial charge in [-0.2, -0.15) is 0 Å². The summed E-state index contributed by atoms with van der Waals surface area (Å²) in [6.07, 6.45) is 3.01. The SMILES string of the molecule is CN1C(=O)CC(NC(=O)CCCCCN)C1=O. The molecule has 17 heavy (non-hydrogen) atoms. The highest BCUT2D eigenvalue weighted by molar-refractivity contribution is 6.06. The first kappa shape index (κ1) is 13.6. The minimum absolute atomic E-state index is 0.0733. The summed E-state index contributed by atoms with van der Waals surface area (Å²) in [6, 6.07) is -0.672. The summed E-state index contributed by atoms with van der Waals surface area (Å²) >= 11 is 0. The monoisotopic (exact) mass is 241 g/mol. The maximum atomic E-state index is 11.5. The van der Waals surface area contributed by atoms with E-state index in [9.17, 15) is 14.4 Å². The van der Waals surface area contributed by atoms with Gasteiger partial charge in [0.15, 0.2) is 0 Å². The molecule has 0 aromatic heterocycles. The summed E-state index contributed by atoms with van der Waals surface area (Å²) in [5.41, 5.74) is 5.34. The number of hydrogen-bond donors (Lipinski definition) is 2. The van der Waals surface area contributed by atoms with Gasteiger partial charge in [-0.25, -0.2) is 0 Å². The fraction of sp³-hybridized carbons (Fsp3) is 0.727. The molecular formula is C11H19N3O3. The van der Waals surface area contributed by atoms with Gasteiger partial charge in [-0.15, -0.1) is 0 Å². The maximum absolute atomic E-state index is 11.5. The Balaban J connectivity index is 2.27. The quantitative estimate of drug-likeness (QED) is 0.479. The van der Waals surface area contributed by atoms with Gasteiger partial charge in [0, 0.05) is 13.5 Å². The van der Waals surface area contributed by atoms with E-state index in [0.29, 0.717) is 13.0 Å². The van der Waals surface area contributed by atoms with Crippen LogP contribution in [0.2, 0.25) is 0 Å². The molecule has 6 nitrogen and oxygen atoms in total. The van der Waals surface area contributed by atoms with Crippen molar-refractivity contribution in [2.45, 2.75) is 38.1 Å². The largest absolute Gasteiger partial charge is 0.344 e. The maximum Gasteiger partial charge on any atom is 0.252 e. The van der Waals surface area contributed by atoms with Crippen LogP contribution in [0.1, 0.15) is 32.1 Å². The average Bonchev–Trinajstić information content (AvgIpc) is 2.53. The van der Waals surface area contributed by atoms with Gasteiger partial charge in [0.05, 0.1) is 6.42 Å². The lowest BCUT2D eigenvalue weighted by molar-refractivity contribution is -0.138. The molecular weight excluding hydrogens is 222 g/mol. The van der Waals surface area contributed by atoms with E-state index in [0.717, 1.165) is 24.2 Å². The fourth-order valence-corrected chi connectivity index (χ4v) is 1.74. The third-order valence-electron chi connectivity index (χ3n) is 2.82. The second kappa shape index (κ2) is 6.34. The van der Waals surface area contributed by atoms with E-state index in [4.69, 9.17) is 5.73 Å². The van der Waals surface area contributed by atoms with Crippen molar-refractivity contribution in [3.8, 4) is 0 Å². The van der Waals surface area contributed by atoms with Crippen molar-refractivity contribution < 1.29 is 14.4 Å². The molecule has 0 aromatic carbocycles. The second-order valence-corrected chi connectivity index (χ2v) is 4.21. The van der Waals surface area contributed by atoms with E-state index in [-0.39, 0.29) is 24.1 Å². The molecule has 6 heteroatoms. The number of imide groups is 1. The molecule has 1 atom stereocenters. The van der Waals surface area contributed by atoms with E-state index in [2.05, 4.69) is 5.32 Å². The van der Waals surface area contributed by atoms with Crippen LogP contribution < -0.4 is 11.1 Å². The first-order chi connectivity index (χ1) is 8.06. The standard InChI is InChI=1S/C11H19N3O3/c1-14-10(16)7-8(11(14)17)13-9(15)5-3-2-4-6-12/h8H,2-7,12H2,1H3,(H,13,15). The number of carbonyl (C=O) groups is 3. The van der Waals surface area contributed by atoms with Gasteiger partial charge in [-0.05, 0) is 19.4 Å². The van der Waals surface area contributed by atoms with Crippen molar-refractivity contribution in [3.05, 3.63) is 0 Å². The van der Waals surface area contributed by atoms with Crippen molar-refractivity contribution in [1.29, 1.82) is 0 Å². The summed E-state index contributed by atoms with van der Waals surface area (Å²) in [4.78, 5) is 35.3. The van der Waals surface area contributed by atoms with Crippen molar-refractivity contribution >= 4 is 17.7 Å². The summed E-state index contributed by atoms with van der Waals surface area (Å²) in [5, 5.41) is 2.58. The summed E-state index contributed by atoms with van der Waals surface area (Å²) in [6.45, 7) is 0.627. The van der Waals surface area contributed by atoms with Crippen LogP contribution in [0.5, 0.6) is 0 Å². The molecule has 3 N–H and O–H groups in total. The third-order valence-corrected chi connectivity index (χ3v) is 2.82. The number of carbonyl (C=O) groups excluding carboxylic acids is 3. The summed E-state index contributed by atoms with van der Waals surface area (Å²) < 4.78 is 0. The predicted molar refractivity (Wildman–Crippen MR) is 61.8 cm³/mol. The molecule has 1 saturated heterocycles. The number of unbranched alkanes of at least 4 members (excludes halogenated alkanes) is 2. The number of amides is 3. The average molecular weight is 241 g/mol. The molecule has 0 aliphatic carbocycles. The van der Waals surface area contributed by atoms with Crippen LogP contribution in [0, 0.1) is 0 Å². The van der Waals surface area contributed by atoms with Crippen LogP contribution >= 0.6 is 0 Å². The second-order valence-electron chi connectivity index (χ2n) is 4.21. The molecule has 0 saturated carbocycles. The first-order valence-corrected chi connectivity index (χ1v) is 5.86. The zero-order valence-electron chi connectivity index (χ0n) is 10.1. The van der Waals surface area contributed by atoms with Gasteiger partial charge in [0.2, 0.25) is 11.8 Å². The number of hydrogen-bond acceptors (Lipinski definition) is 4. The molecule has 0 bridgehead atoms. The lowest BCUT2D eigenvalue weighted by Crippen LogP contribution is -2.40. The number of likely N-dealkylation sites (tertiary alicyclic amines) is 1. The van der Waals surface area contributed by atoms with Crippen LogP contribution in [0.3, 0.4) is 0 Å². The Kier molecular flexibility index (Phi) is 5.09. The lowest BCUT2D eigenvalue weighted by Gasteiger charge is -2.10. The van der Waals surface area contributed by atoms with Gasteiger partial charge in [-0.1, -0.05) is 6.42 Å². The van der Waals surface area contributed by atoms with Crippen molar-refractivity contribution in [2.24, 2.45) is 5.73 Å². The van der Waals surface area contributed by atoms with Crippen LogP contribution in [0.25, 0.3) is 0 Å². The number of likely N-dealkylation sites (N-methyl/N-ethyl adjacent to an activating group) is 1. The topological polar surface area (TPSA) is 92.5 Å². The van der Waals surface area contributed by atoms with Gasteiger partial charge in [0.1, 0.15) is 6.04 Å². The van der Waals surface area contributed by atoms with Crippen LogP contribution in [0.15, 0.2) is 0 Å². The Morgan fingerprint density at radius 1 is 1.41 bits per heavy atom. The van der Waals surface area contributed by atoms with E-state index in [1.54, 1.807) is 0 Å². The predicted octanol–water partition coefficient (Wildman–Crippen LogP) is -0.621. The number of nitrogens with zero attached hydrogens (tertiary/aromatic N) is 1. The molecule has 1 fully saturated rings. The number of nitrogens with two attached hydrogens (primary N) is 1. The highest BCUT2D eigenvalue weighted by atomic mass is 16.2. The molecule has 1 unspecified atom stereocenters. The molecule has 1 aliphatic rings. The summed E-state index contributed by atoms with van der Waals surface area (Å²) in [7, 11) is 1.43. The van der Waals surface area contributed by atoms with Crippen molar-refractivity contribution in [1.82, 2.24) is 10.2 Å². The van der Waals surface area contributed by atoms with Crippen molar-refractivity contribution in [3.63, 3.8) is 0 Å². The minimum Gasteiger partial charge on any atom is -0.344 e. The van der Waals surface area contributed by atoms with E-state index in [1.165, 1.54) is 7.05 Å². The normalized spacial score (nSPS) is 19.9. The Morgan fingerprint density at radius 2 is 2.12 bits per heavy atom. The molecule has 1 rings (SSSR count). The van der Waals surface area contributed by atoms with E-state index in [1.807, 2.05) is 0 Å². The van der Waals surface area contributed by atoms with Gasteiger partial charge >= 0.3 is 0 Å². The summed E-state index contributed by atoms with van der Waals surface area (Å²) in [5.74, 6) is -0.753. The van der Waals surface area contributed by atoms with Crippen LogP contribution in [-0.2, 0) is 14.4 Å². The van der Waals surface area contributed by atoms with E-state index >= 15 is 0 Å². The number of nitrogens with one attached hydrogen (secondary N) is 1. The molecule has 1 aliphatic heterocycles. The van der Waals surface area contributed by atoms with Gasteiger partial charge in [0.25, 0.3) is 5.91 Å². The zero-order valence-corrected chi connectivity index (χ0v) is 10.1. The third kappa shape index (κ3) is 3.81. The van der Waals surface area contributed by atoms with Gasteiger partial charge in [-0.3, -0.25) is 19.3 Å². The smallest absolute Gasteiger partial charge is 0.252 e. The first-order valence-electron chi connectivity index (χ1n) is 5.86. The van der Waals surface area contributed by atoms with Gasteiger partial charge < -0.3 is 11.1 Å². The Bertz CT molecular complexity index is 317. The lowest BCUT2D eigenvalue weighted by atomic mass is 10.1. The van der Waals surface area contributed by atoms with Crippen LogP contribution in [-0.4, -0.2) is 42.3 Å². The molecule has 1 heterocycles. The fourth-order valence-electron chi connectivity index (χ4n) is 1.74. The van der Waals surface area contributed by atoms with E-state index < -0.39 is 6.04 Å². The molecule has 0 spiro atoms. The molecule has 96 valence electrons.